The van der Waals surface area contributed by atoms with Gasteiger partial charge in [0.2, 0.25) is 0 Å². The predicted molar refractivity (Wildman–Crippen MR) is 104 cm³/mol. The largest absolute Gasteiger partial charge is 0.466 e. The number of esters is 1. The topological polar surface area (TPSA) is 35.5 Å². The third kappa shape index (κ3) is 4.88. The van der Waals surface area contributed by atoms with E-state index in [1.165, 1.54) is 37.7 Å². The zero-order valence-electron chi connectivity index (χ0n) is 16.3. The van der Waals surface area contributed by atoms with Crippen LogP contribution in [0.1, 0.15) is 76.2 Å². The Hall–Kier alpha value is -1.35. The van der Waals surface area contributed by atoms with Gasteiger partial charge in [-0.25, -0.2) is 0 Å². The molecule has 0 spiro atoms. The monoisotopic (exact) mass is 358 g/mol. The van der Waals surface area contributed by atoms with Gasteiger partial charge in [-0.3, -0.25) is 4.79 Å². The predicted octanol–water partition coefficient (Wildman–Crippen LogP) is 5.49. The summed E-state index contributed by atoms with van der Waals surface area (Å²) in [4.78, 5) is 12.5. The van der Waals surface area contributed by atoms with Crippen LogP contribution in [0.25, 0.3) is 0 Å². The van der Waals surface area contributed by atoms with Crippen LogP contribution < -0.4 is 0 Å². The lowest BCUT2D eigenvalue weighted by Crippen LogP contribution is -2.38. The van der Waals surface area contributed by atoms with Crippen molar-refractivity contribution < 1.29 is 14.3 Å². The Kier molecular flexibility index (Phi) is 7.13. The molecule has 0 aromatic heterocycles. The van der Waals surface area contributed by atoms with Crippen LogP contribution in [0.3, 0.4) is 0 Å². The zero-order valence-corrected chi connectivity index (χ0v) is 16.3. The standard InChI is InChI=1S/C23H34O3/c1-2-26-22(24)23(15-17-25-18-16-23)14-6-7-19-10-12-21(13-11-19)20-8-4-3-5-9-20/h3-5,8-9,19,21H,2,6-7,10-18H2,1H3. The van der Waals surface area contributed by atoms with Crippen molar-refractivity contribution in [2.24, 2.45) is 11.3 Å². The molecule has 1 saturated heterocycles. The van der Waals surface area contributed by atoms with Crippen LogP contribution >= 0.6 is 0 Å². The average Bonchev–Trinajstić information content (AvgIpc) is 2.70. The highest BCUT2D eigenvalue weighted by atomic mass is 16.5. The number of hydrogen-bond acceptors (Lipinski definition) is 3. The Bertz CT molecular complexity index is 540. The maximum absolute atomic E-state index is 12.5. The van der Waals surface area contributed by atoms with Gasteiger partial charge in [-0.05, 0) is 69.3 Å². The van der Waals surface area contributed by atoms with Crippen molar-refractivity contribution in [3.05, 3.63) is 35.9 Å². The summed E-state index contributed by atoms with van der Waals surface area (Å²) in [5.74, 6) is 1.58. The molecular formula is C23H34O3. The normalized spacial score (nSPS) is 25.6. The van der Waals surface area contributed by atoms with Crippen LogP contribution in [-0.4, -0.2) is 25.8 Å². The van der Waals surface area contributed by atoms with E-state index >= 15 is 0 Å². The minimum atomic E-state index is -0.282. The first-order valence-electron chi connectivity index (χ1n) is 10.5. The van der Waals surface area contributed by atoms with Crippen LogP contribution in [0.4, 0.5) is 0 Å². The molecule has 0 bridgehead atoms. The highest BCUT2D eigenvalue weighted by Crippen LogP contribution is 2.41. The van der Waals surface area contributed by atoms with Crippen LogP contribution in [0.5, 0.6) is 0 Å². The van der Waals surface area contributed by atoms with E-state index in [9.17, 15) is 4.79 Å². The van der Waals surface area contributed by atoms with E-state index in [0.717, 1.165) is 37.5 Å². The van der Waals surface area contributed by atoms with Crippen molar-refractivity contribution in [3.63, 3.8) is 0 Å². The molecule has 1 heterocycles. The fourth-order valence-electron chi connectivity index (χ4n) is 4.84. The molecule has 26 heavy (non-hydrogen) atoms. The summed E-state index contributed by atoms with van der Waals surface area (Å²) in [6, 6.07) is 11.0. The zero-order chi connectivity index (χ0) is 18.2. The van der Waals surface area contributed by atoms with Crippen molar-refractivity contribution in [1.82, 2.24) is 0 Å². The molecule has 0 atom stereocenters. The van der Waals surface area contributed by atoms with Gasteiger partial charge in [0.1, 0.15) is 0 Å². The highest BCUT2D eigenvalue weighted by Gasteiger charge is 2.41. The lowest BCUT2D eigenvalue weighted by molar-refractivity contribution is -0.162. The molecule has 144 valence electrons. The Morgan fingerprint density at radius 1 is 1.12 bits per heavy atom. The van der Waals surface area contributed by atoms with Gasteiger partial charge in [-0.1, -0.05) is 43.2 Å². The number of carbonyl (C=O) groups is 1. The van der Waals surface area contributed by atoms with E-state index < -0.39 is 0 Å². The number of hydrogen-bond donors (Lipinski definition) is 0. The first-order valence-corrected chi connectivity index (χ1v) is 10.5. The van der Waals surface area contributed by atoms with Crippen molar-refractivity contribution in [2.45, 2.75) is 70.6 Å². The molecule has 0 radical (unpaired) electrons. The third-order valence-corrected chi connectivity index (χ3v) is 6.54. The van der Waals surface area contributed by atoms with Crippen LogP contribution in [0, 0.1) is 11.3 Å². The van der Waals surface area contributed by atoms with E-state index in [4.69, 9.17) is 9.47 Å². The average molecular weight is 359 g/mol. The van der Waals surface area contributed by atoms with Gasteiger partial charge >= 0.3 is 5.97 Å². The summed E-state index contributed by atoms with van der Waals surface area (Å²) in [7, 11) is 0. The lowest BCUT2D eigenvalue weighted by atomic mass is 9.73. The summed E-state index contributed by atoms with van der Waals surface area (Å²) in [5, 5.41) is 0. The second-order valence-electron chi connectivity index (χ2n) is 8.13. The van der Waals surface area contributed by atoms with Gasteiger partial charge in [0, 0.05) is 13.2 Å². The Balaban J connectivity index is 1.44. The number of rotatable bonds is 7. The fourth-order valence-corrected chi connectivity index (χ4v) is 4.84. The van der Waals surface area contributed by atoms with Gasteiger partial charge in [0.05, 0.1) is 12.0 Å². The maximum atomic E-state index is 12.5. The van der Waals surface area contributed by atoms with E-state index in [-0.39, 0.29) is 11.4 Å². The summed E-state index contributed by atoms with van der Waals surface area (Å²) in [6.07, 6.45) is 10.3. The van der Waals surface area contributed by atoms with E-state index in [2.05, 4.69) is 30.3 Å². The van der Waals surface area contributed by atoms with Gasteiger partial charge in [-0.2, -0.15) is 0 Å². The molecule has 3 heteroatoms. The molecule has 1 saturated carbocycles. The number of carbonyl (C=O) groups excluding carboxylic acids is 1. The first kappa shape index (κ1) is 19.4. The van der Waals surface area contributed by atoms with Gasteiger partial charge in [0.15, 0.2) is 0 Å². The fraction of sp³-hybridized carbons (Fsp3) is 0.696. The van der Waals surface area contributed by atoms with Crippen molar-refractivity contribution in [1.29, 1.82) is 0 Å². The molecule has 1 aromatic rings. The highest BCUT2D eigenvalue weighted by molar-refractivity contribution is 5.77. The summed E-state index contributed by atoms with van der Waals surface area (Å²) in [5.41, 5.74) is 1.23. The molecular weight excluding hydrogens is 324 g/mol. The molecule has 1 aliphatic heterocycles. The number of ether oxygens (including phenoxy) is 2. The summed E-state index contributed by atoms with van der Waals surface area (Å²) >= 11 is 0. The van der Waals surface area contributed by atoms with E-state index in [1.807, 2.05) is 6.92 Å². The SMILES string of the molecule is CCOC(=O)C1(CCCC2CCC(c3ccccc3)CC2)CCOCC1. The van der Waals surface area contributed by atoms with Crippen LogP contribution in [0.2, 0.25) is 0 Å². The minimum absolute atomic E-state index is 0.0103. The molecule has 0 unspecified atom stereocenters. The molecule has 1 aromatic carbocycles. The van der Waals surface area contributed by atoms with Crippen molar-refractivity contribution in [2.75, 3.05) is 19.8 Å². The first-order chi connectivity index (χ1) is 12.7. The molecule has 3 nitrogen and oxygen atoms in total. The van der Waals surface area contributed by atoms with Crippen LogP contribution in [0.15, 0.2) is 30.3 Å². The Morgan fingerprint density at radius 2 is 1.81 bits per heavy atom. The lowest BCUT2D eigenvalue weighted by Gasteiger charge is -2.35. The summed E-state index contributed by atoms with van der Waals surface area (Å²) in [6.45, 7) is 3.77. The van der Waals surface area contributed by atoms with Gasteiger partial charge in [0.25, 0.3) is 0 Å². The molecule has 0 N–H and O–H groups in total. The van der Waals surface area contributed by atoms with E-state index in [1.54, 1.807) is 0 Å². The van der Waals surface area contributed by atoms with Gasteiger partial charge < -0.3 is 9.47 Å². The number of benzene rings is 1. The quantitative estimate of drug-likeness (QED) is 0.605. The Labute approximate surface area is 158 Å². The van der Waals surface area contributed by atoms with Gasteiger partial charge in [-0.15, -0.1) is 0 Å². The van der Waals surface area contributed by atoms with Crippen LogP contribution in [-0.2, 0) is 14.3 Å². The maximum Gasteiger partial charge on any atom is 0.312 e. The molecule has 1 aliphatic carbocycles. The van der Waals surface area contributed by atoms with E-state index in [0.29, 0.717) is 19.8 Å². The summed E-state index contributed by atoms with van der Waals surface area (Å²) < 4.78 is 10.9. The molecule has 3 rings (SSSR count). The third-order valence-electron chi connectivity index (χ3n) is 6.54. The van der Waals surface area contributed by atoms with Crippen molar-refractivity contribution >= 4 is 5.97 Å². The second kappa shape index (κ2) is 9.55. The smallest absolute Gasteiger partial charge is 0.312 e. The molecule has 2 fully saturated rings. The second-order valence-corrected chi connectivity index (χ2v) is 8.13. The molecule has 2 aliphatic rings. The van der Waals surface area contributed by atoms with Crippen molar-refractivity contribution in [3.8, 4) is 0 Å². The minimum Gasteiger partial charge on any atom is -0.466 e. The molecule has 0 amide bonds. The Morgan fingerprint density at radius 3 is 2.46 bits per heavy atom.